The molecular formula is C11H18N4O3. The van der Waals surface area contributed by atoms with Crippen molar-refractivity contribution in [3.8, 4) is 0 Å². The number of carboxylic acids is 1. The summed E-state index contributed by atoms with van der Waals surface area (Å²) in [5.41, 5.74) is 0.529. The van der Waals surface area contributed by atoms with Crippen LogP contribution < -0.4 is 10.6 Å². The van der Waals surface area contributed by atoms with Crippen molar-refractivity contribution in [2.45, 2.75) is 39.3 Å². The number of urea groups is 1. The van der Waals surface area contributed by atoms with E-state index in [-0.39, 0.29) is 6.04 Å². The molecule has 18 heavy (non-hydrogen) atoms. The molecule has 3 N–H and O–H groups in total. The molecule has 7 heteroatoms. The van der Waals surface area contributed by atoms with Crippen molar-refractivity contribution in [1.82, 2.24) is 15.1 Å². The standard InChI is InChI=1S/C11H18N4O3/c1-4-9(10(16)17)14-11(18)13-8-5-12-15(6-8)7(2)3/h5-7,9H,4H2,1-3H3,(H,16,17)(H2,13,14,18)/t9-/m0/s1. The molecule has 1 aromatic heterocycles. The van der Waals surface area contributed by atoms with E-state index in [1.54, 1.807) is 17.8 Å². The Labute approximate surface area is 105 Å². The van der Waals surface area contributed by atoms with Gasteiger partial charge in [-0.15, -0.1) is 0 Å². The Morgan fingerprint density at radius 3 is 2.61 bits per heavy atom. The van der Waals surface area contributed by atoms with E-state index in [2.05, 4.69) is 15.7 Å². The number of hydrogen-bond acceptors (Lipinski definition) is 3. The number of carbonyl (C=O) groups excluding carboxylic acids is 1. The lowest BCUT2D eigenvalue weighted by atomic mass is 10.2. The predicted octanol–water partition coefficient (Wildman–Crippen LogP) is 1.45. The molecule has 0 aliphatic rings. The number of nitrogens with zero attached hydrogens (tertiary/aromatic N) is 2. The van der Waals surface area contributed by atoms with Crippen molar-refractivity contribution in [3.05, 3.63) is 12.4 Å². The molecule has 7 nitrogen and oxygen atoms in total. The second-order valence-corrected chi connectivity index (χ2v) is 4.20. The molecule has 1 aromatic rings. The Morgan fingerprint density at radius 1 is 1.50 bits per heavy atom. The summed E-state index contributed by atoms with van der Waals surface area (Å²) < 4.78 is 1.70. The maximum atomic E-state index is 11.5. The molecule has 2 amide bonds. The third-order valence-electron chi connectivity index (χ3n) is 2.40. The molecule has 0 fully saturated rings. The molecule has 1 rings (SSSR count). The Balaban J connectivity index is 2.56. The van der Waals surface area contributed by atoms with Gasteiger partial charge in [-0.2, -0.15) is 5.10 Å². The van der Waals surface area contributed by atoms with E-state index >= 15 is 0 Å². The Morgan fingerprint density at radius 2 is 2.17 bits per heavy atom. The van der Waals surface area contributed by atoms with Crippen LogP contribution in [0.15, 0.2) is 12.4 Å². The van der Waals surface area contributed by atoms with Gasteiger partial charge in [-0.25, -0.2) is 9.59 Å². The summed E-state index contributed by atoms with van der Waals surface area (Å²) in [6.45, 7) is 5.62. The molecule has 0 radical (unpaired) electrons. The molecule has 0 spiro atoms. The third-order valence-corrected chi connectivity index (χ3v) is 2.40. The van der Waals surface area contributed by atoms with E-state index < -0.39 is 18.0 Å². The van der Waals surface area contributed by atoms with Crippen molar-refractivity contribution in [1.29, 1.82) is 0 Å². The van der Waals surface area contributed by atoms with Crippen molar-refractivity contribution in [2.24, 2.45) is 0 Å². The van der Waals surface area contributed by atoms with Crippen molar-refractivity contribution < 1.29 is 14.7 Å². The molecule has 1 heterocycles. The van der Waals surface area contributed by atoms with Crippen LogP contribution in [0.5, 0.6) is 0 Å². The first-order chi connectivity index (χ1) is 8.43. The van der Waals surface area contributed by atoms with Gasteiger partial charge in [-0.1, -0.05) is 6.92 Å². The van der Waals surface area contributed by atoms with Crippen LogP contribution in [0.25, 0.3) is 0 Å². The molecule has 100 valence electrons. The van der Waals surface area contributed by atoms with E-state index in [1.165, 1.54) is 6.20 Å². The van der Waals surface area contributed by atoms with Crippen LogP contribution in [0.4, 0.5) is 10.5 Å². The number of carboxylic acid groups (broad SMARTS) is 1. The zero-order valence-corrected chi connectivity index (χ0v) is 10.7. The third kappa shape index (κ3) is 3.76. The minimum Gasteiger partial charge on any atom is -0.480 e. The first-order valence-corrected chi connectivity index (χ1v) is 5.78. The second-order valence-electron chi connectivity index (χ2n) is 4.20. The molecule has 1 atom stereocenters. The molecule has 0 saturated heterocycles. The number of aromatic nitrogens is 2. The predicted molar refractivity (Wildman–Crippen MR) is 66.5 cm³/mol. The zero-order chi connectivity index (χ0) is 13.7. The first-order valence-electron chi connectivity index (χ1n) is 5.78. The molecule has 0 saturated carbocycles. The smallest absolute Gasteiger partial charge is 0.326 e. The van der Waals surface area contributed by atoms with Gasteiger partial charge in [-0.05, 0) is 20.3 Å². The van der Waals surface area contributed by atoms with Crippen LogP contribution >= 0.6 is 0 Å². The molecule has 0 aliphatic carbocycles. The number of carbonyl (C=O) groups is 2. The number of anilines is 1. The number of amides is 2. The molecule has 0 aromatic carbocycles. The van der Waals surface area contributed by atoms with Crippen LogP contribution in [0.3, 0.4) is 0 Å². The zero-order valence-electron chi connectivity index (χ0n) is 10.7. The Kier molecular flexibility index (Phi) is 4.70. The van der Waals surface area contributed by atoms with Gasteiger partial charge >= 0.3 is 12.0 Å². The minimum atomic E-state index is -1.05. The maximum Gasteiger partial charge on any atom is 0.326 e. The Bertz CT molecular complexity index is 428. The fraction of sp³-hybridized carbons (Fsp3) is 0.545. The highest BCUT2D eigenvalue weighted by Gasteiger charge is 2.17. The molecule has 0 unspecified atom stereocenters. The van der Waals surface area contributed by atoms with Crippen LogP contribution in [0.1, 0.15) is 33.2 Å². The van der Waals surface area contributed by atoms with E-state index in [4.69, 9.17) is 5.11 Å². The normalized spacial score (nSPS) is 12.2. The van der Waals surface area contributed by atoms with Gasteiger partial charge < -0.3 is 15.7 Å². The van der Waals surface area contributed by atoms with E-state index in [0.29, 0.717) is 12.1 Å². The van der Waals surface area contributed by atoms with Gasteiger partial charge in [0.2, 0.25) is 0 Å². The second kappa shape index (κ2) is 6.04. The number of aliphatic carboxylic acids is 1. The average Bonchev–Trinajstić information content (AvgIpc) is 2.74. The number of nitrogens with one attached hydrogen (secondary N) is 2. The van der Waals surface area contributed by atoms with E-state index in [0.717, 1.165) is 0 Å². The summed E-state index contributed by atoms with van der Waals surface area (Å²) in [6, 6.07) is -1.23. The lowest BCUT2D eigenvalue weighted by molar-refractivity contribution is -0.139. The largest absolute Gasteiger partial charge is 0.480 e. The van der Waals surface area contributed by atoms with Crippen molar-refractivity contribution in [2.75, 3.05) is 5.32 Å². The highest BCUT2D eigenvalue weighted by Crippen LogP contribution is 2.09. The summed E-state index contributed by atoms with van der Waals surface area (Å²) in [7, 11) is 0. The fourth-order valence-electron chi connectivity index (χ4n) is 1.35. The molecule has 0 aliphatic heterocycles. The summed E-state index contributed by atoms with van der Waals surface area (Å²) in [5.74, 6) is -1.05. The first kappa shape index (κ1) is 14.0. The quantitative estimate of drug-likeness (QED) is 0.741. The highest BCUT2D eigenvalue weighted by atomic mass is 16.4. The van der Waals surface area contributed by atoms with Crippen molar-refractivity contribution >= 4 is 17.7 Å². The minimum absolute atomic E-state index is 0.200. The van der Waals surface area contributed by atoms with Crippen LogP contribution in [0, 0.1) is 0 Å². The molecule has 0 bridgehead atoms. The van der Waals surface area contributed by atoms with Crippen LogP contribution in [-0.2, 0) is 4.79 Å². The topological polar surface area (TPSA) is 96.3 Å². The maximum absolute atomic E-state index is 11.5. The van der Waals surface area contributed by atoms with Gasteiger partial charge in [0.05, 0.1) is 11.9 Å². The average molecular weight is 254 g/mol. The number of hydrogen-bond donors (Lipinski definition) is 3. The lowest BCUT2D eigenvalue weighted by Gasteiger charge is -2.12. The summed E-state index contributed by atoms with van der Waals surface area (Å²) in [5, 5.41) is 17.8. The van der Waals surface area contributed by atoms with Gasteiger partial charge in [0.15, 0.2) is 0 Å². The summed E-state index contributed by atoms with van der Waals surface area (Å²) >= 11 is 0. The van der Waals surface area contributed by atoms with Crippen molar-refractivity contribution in [3.63, 3.8) is 0 Å². The van der Waals surface area contributed by atoms with Crippen LogP contribution in [0.2, 0.25) is 0 Å². The van der Waals surface area contributed by atoms with Gasteiger partial charge in [0, 0.05) is 12.2 Å². The van der Waals surface area contributed by atoms with E-state index in [9.17, 15) is 9.59 Å². The summed E-state index contributed by atoms with van der Waals surface area (Å²) in [4.78, 5) is 22.3. The number of rotatable bonds is 5. The van der Waals surface area contributed by atoms with Gasteiger partial charge in [0.1, 0.15) is 6.04 Å². The Hall–Kier alpha value is -2.05. The summed E-state index contributed by atoms with van der Waals surface area (Å²) in [6.07, 6.45) is 3.53. The lowest BCUT2D eigenvalue weighted by Crippen LogP contribution is -2.42. The molecular weight excluding hydrogens is 236 g/mol. The van der Waals surface area contributed by atoms with E-state index in [1.807, 2.05) is 13.8 Å². The van der Waals surface area contributed by atoms with Gasteiger partial charge in [-0.3, -0.25) is 4.68 Å². The SMILES string of the molecule is CC[C@H](NC(=O)Nc1cnn(C(C)C)c1)C(=O)O. The monoisotopic (exact) mass is 254 g/mol. The highest BCUT2D eigenvalue weighted by molar-refractivity contribution is 5.91. The van der Waals surface area contributed by atoms with Crippen LogP contribution in [-0.4, -0.2) is 32.9 Å². The van der Waals surface area contributed by atoms with Gasteiger partial charge in [0.25, 0.3) is 0 Å². The fourth-order valence-corrected chi connectivity index (χ4v) is 1.35.